The number of hydrogen-bond acceptors (Lipinski definition) is 5. The molecule has 10 heteroatoms. The van der Waals surface area contributed by atoms with Gasteiger partial charge in [-0.25, -0.2) is 8.42 Å². The Morgan fingerprint density at radius 2 is 1.69 bits per heavy atom. The van der Waals surface area contributed by atoms with Crippen LogP contribution in [0.4, 0.5) is 5.69 Å². The van der Waals surface area contributed by atoms with Crippen LogP contribution in [0.1, 0.15) is 38.2 Å². The van der Waals surface area contributed by atoms with E-state index in [0.29, 0.717) is 16.5 Å². The Labute approximate surface area is 212 Å². The van der Waals surface area contributed by atoms with Crippen molar-refractivity contribution in [2.45, 2.75) is 51.2 Å². The van der Waals surface area contributed by atoms with Gasteiger partial charge >= 0.3 is 0 Å². The van der Waals surface area contributed by atoms with Crippen LogP contribution in [0.15, 0.2) is 48.5 Å². The highest BCUT2D eigenvalue weighted by molar-refractivity contribution is 7.92. The molecular weight excluding hydrogens is 490 g/mol. The largest absolute Gasteiger partial charge is 0.497 e. The molecule has 2 aromatic rings. The number of rotatable bonds is 10. The number of carbonyl (C=O) groups excluding carboxylic acids is 2. The maximum atomic E-state index is 13.5. The Morgan fingerprint density at radius 1 is 1.09 bits per heavy atom. The van der Waals surface area contributed by atoms with E-state index in [-0.39, 0.29) is 18.5 Å². The molecule has 1 N–H and O–H groups in total. The lowest BCUT2D eigenvalue weighted by Gasteiger charge is -2.32. The number of halogens is 1. The highest BCUT2D eigenvalue weighted by Crippen LogP contribution is 2.22. The van der Waals surface area contributed by atoms with E-state index < -0.39 is 28.5 Å². The summed E-state index contributed by atoms with van der Waals surface area (Å²) in [7, 11) is -2.21. The summed E-state index contributed by atoms with van der Waals surface area (Å²) in [5.41, 5.74) is 1.11. The van der Waals surface area contributed by atoms with E-state index in [2.05, 4.69) is 5.32 Å². The molecule has 0 aliphatic heterocycles. The summed E-state index contributed by atoms with van der Waals surface area (Å²) in [6.45, 7) is 1.36. The minimum Gasteiger partial charge on any atom is -0.497 e. The van der Waals surface area contributed by atoms with E-state index in [0.717, 1.165) is 41.8 Å². The van der Waals surface area contributed by atoms with Crippen LogP contribution in [0, 0.1) is 0 Å². The number of nitrogens with one attached hydrogen (secondary N) is 1. The molecule has 1 aliphatic rings. The molecule has 0 saturated heterocycles. The molecule has 1 atom stereocenters. The zero-order chi connectivity index (χ0) is 25.6. The van der Waals surface area contributed by atoms with Gasteiger partial charge in [-0.3, -0.25) is 13.9 Å². The summed E-state index contributed by atoms with van der Waals surface area (Å²) in [5.74, 6) is -0.0731. The number of sulfonamides is 1. The second kappa shape index (κ2) is 11.8. The van der Waals surface area contributed by atoms with E-state index >= 15 is 0 Å². The Morgan fingerprint density at radius 3 is 2.23 bits per heavy atom. The zero-order valence-corrected chi connectivity index (χ0v) is 21.8. The smallest absolute Gasteiger partial charge is 0.244 e. The fraction of sp³-hybridized carbons (Fsp3) is 0.440. The second-order valence-electron chi connectivity index (χ2n) is 8.78. The monoisotopic (exact) mass is 521 g/mol. The van der Waals surface area contributed by atoms with Crippen LogP contribution in [0.5, 0.6) is 5.75 Å². The van der Waals surface area contributed by atoms with E-state index in [1.165, 1.54) is 4.90 Å². The van der Waals surface area contributed by atoms with Gasteiger partial charge in [0, 0.05) is 17.6 Å². The SMILES string of the molecule is COc1ccc(CN(C(=O)CN(c2ccc(Cl)cc2)S(C)(=O)=O)[C@H](C)C(=O)NC2CCCC2)cc1. The van der Waals surface area contributed by atoms with E-state index in [1.54, 1.807) is 50.4 Å². The molecule has 190 valence electrons. The van der Waals surface area contributed by atoms with E-state index in [4.69, 9.17) is 16.3 Å². The lowest BCUT2D eigenvalue weighted by Crippen LogP contribution is -2.52. The molecule has 2 aromatic carbocycles. The maximum absolute atomic E-state index is 13.5. The number of nitrogens with zero attached hydrogens (tertiary/aromatic N) is 2. The summed E-state index contributed by atoms with van der Waals surface area (Å²) in [5, 5.41) is 3.49. The highest BCUT2D eigenvalue weighted by Gasteiger charge is 2.31. The van der Waals surface area contributed by atoms with Crippen molar-refractivity contribution in [2.75, 3.05) is 24.2 Å². The standard InChI is InChI=1S/C25H32ClN3O5S/c1-18(25(31)27-21-6-4-5-7-21)28(16-19-8-14-23(34-2)15-9-19)24(30)17-29(35(3,32)33)22-12-10-20(26)11-13-22/h8-15,18,21H,4-7,16-17H2,1-3H3,(H,27,31)/t18-/m1/s1. The number of benzene rings is 2. The van der Waals surface area contributed by atoms with Crippen LogP contribution >= 0.6 is 11.6 Å². The van der Waals surface area contributed by atoms with Crippen LogP contribution in [0.25, 0.3) is 0 Å². The van der Waals surface area contributed by atoms with Crippen molar-refractivity contribution < 1.29 is 22.7 Å². The fourth-order valence-electron chi connectivity index (χ4n) is 4.12. The number of anilines is 1. The number of methoxy groups -OCH3 is 1. The Kier molecular flexibility index (Phi) is 9.02. The third-order valence-corrected chi connectivity index (χ3v) is 7.57. The van der Waals surface area contributed by atoms with Gasteiger partial charge in [-0.2, -0.15) is 0 Å². The van der Waals surface area contributed by atoms with Gasteiger partial charge in [-0.05, 0) is 61.7 Å². The molecule has 3 rings (SSSR count). The average Bonchev–Trinajstić information content (AvgIpc) is 3.34. The molecule has 0 bridgehead atoms. The molecular formula is C25H32ClN3O5S. The summed E-state index contributed by atoms with van der Waals surface area (Å²) in [6, 6.07) is 12.7. The lowest BCUT2D eigenvalue weighted by atomic mass is 10.1. The Balaban J connectivity index is 1.86. The van der Waals surface area contributed by atoms with Gasteiger partial charge in [0.25, 0.3) is 0 Å². The molecule has 0 spiro atoms. The minimum absolute atomic E-state index is 0.101. The van der Waals surface area contributed by atoms with Gasteiger partial charge < -0.3 is 15.0 Å². The normalized spacial score (nSPS) is 14.9. The summed E-state index contributed by atoms with van der Waals surface area (Å²) >= 11 is 5.95. The molecule has 8 nitrogen and oxygen atoms in total. The minimum atomic E-state index is -3.78. The van der Waals surface area contributed by atoms with Crippen molar-refractivity contribution in [3.05, 3.63) is 59.1 Å². The molecule has 0 heterocycles. The van der Waals surface area contributed by atoms with Crippen molar-refractivity contribution >= 4 is 39.1 Å². The van der Waals surface area contributed by atoms with Gasteiger partial charge in [-0.1, -0.05) is 36.6 Å². The van der Waals surface area contributed by atoms with Crippen molar-refractivity contribution in [3.63, 3.8) is 0 Å². The molecule has 0 unspecified atom stereocenters. The average molecular weight is 522 g/mol. The molecule has 0 aromatic heterocycles. The van der Waals surface area contributed by atoms with E-state index in [9.17, 15) is 18.0 Å². The van der Waals surface area contributed by atoms with Crippen LogP contribution in [0.2, 0.25) is 5.02 Å². The van der Waals surface area contributed by atoms with Crippen molar-refractivity contribution in [1.82, 2.24) is 10.2 Å². The maximum Gasteiger partial charge on any atom is 0.244 e. The molecule has 1 fully saturated rings. The molecule has 1 aliphatic carbocycles. The van der Waals surface area contributed by atoms with Crippen LogP contribution in [-0.2, 0) is 26.2 Å². The molecule has 2 amide bonds. The first kappa shape index (κ1) is 26.8. The Hall–Kier alpha value is -2.78. The predicted octanol–water partition coefficient (Wildman–Crippen LogP) is 3.59. The van der Waals surface area contributed by atoms with Crippen molar-refractivity contribution in [1.29, 1.82) is 0 Å². The molecule has 35 heavy (non-hydrogen) atoms. The first-order valence-electron chi connectivity index (χ1n) is 11.5. The lowest BCUT2D eigenvalue weighted by molar-refractivity contribution is -0.139. The first-order chi connectivity index (χ1) is 16.6. The first-order valence-corrected chi connectivity index (χ1v) is 13.8. The van der Waals surface area contributed by atoms with Gasteiger partial charge in [0.2, 0.25) is 21.8 Å². The zero-order valence-electron chi connectivity index (χ0n) is 20.2. The van der Waals surface area contributed by atoms with Gasteiger partial charge in [-0.15, -0.1) is 0 Å². The fourth-order valence-corrected chi connectivity index (χ4v) is 5.10. The summed E-state index contributed by atoms with van der Waals surface area (Å²) in [4.78, 5) is 28.0. The third kappa shape index (κ3) is 7.35. The highest BCUT2D eigenvalue weighted by atomic mass is 35.5. The van der Waals surface area contributed by atoms with Gasteiger partial charge in [0.05, 0.1) is 19.1 Å². The summed E-state index contributed by atoms with van der Waals surface area (Å²) < 4.78 is 31.4. The van der Waals surface area contributed by atoms with Gasteiger partial charge in [0.15, 0.2) is 0 Å². The second-order valence-corrected chi connectivity index (χ2v) is 11.1. The number of amides is 2. The molecule has 0 radical (unpaired) electrons. The number of ether oxygens (including phenoxy) is 1. The Bertz CT molecular complexity index is 1120. The summed E-state index contributed by atoms with van der Waals surface area (Å²) in [6.07, 6.45) is 5.02. The number of hydrogen-bond donors (Lipinski definition) is 1. The van der Waals surface area contributed by atoms with Crippen LogP contribution in [0.3, 0.4) is 0 Å². The van der Waals surface area contributed by atoms with Crippen molar-refractivity contribution in [2.24, 2.45) is 0 Å². The van der Waals surface area contributed by atoms with E-state index in [1.807, 2.05) is 12.1 Å². The quantitative estimate of drug-likeness (QED) is 0.515. The van der Waals surface area contributed by atoms with Crippen LogP contribution in [-0.4, -0.2) is 57.1 Å². The van der Waals surface area contributed by atoms with Crippen LogP contribution < -0.4 is 14.4 Å². The molecule has 1 saturated carbocycles. The topological polar surface area (TPSA) is 96.0 Å². The number of carbonyl (C=O) groups is 2. The van der Waals surface area contributed by atoms with Gasteiger partial charge in [0.1, 0.15) is 18.3 Å². The van der Waals surface area contributed by atoms with Crippen molar-refractivity contribution in [3.8, 4) is 5.75 Å². The predicted molar refractivity (Wildman–Crippen MR) is 137 cm³/mol. The third-order valence-electron chi connectivity index (χ3n) is 6.17.